The van der Waals surface area contributed by atoms with Gasteiger partial charge >= 0.3 is 11.3 Å². The molecule has 1 aliphatic rings. The molecule has 6 nitrogen and oxygen atoms in total. The predicted molar refractivity (Wildman–Crippen MR) is 105 cm³/mol. The number of nitrogens with one attached hydrogen (secondary N) is 1. The molecule has 7 heteroatoms. The van der Waals surface area contributed by atoms with Crippen molar-refractivity contribution in [2.45, 2.75) is 38.1 Å². The summed E-state index contributed by atoms with van der Waals surface area (Å²) in [4.78, 5) is 29.7. The van der Waals surface area contributed by atoms with Crippen LogP contribution in [0.15, 0.2) is 60.7 Å². The van der Waals surface area contributed by atoms with E-state index in [0.717, 1.165) is 11.1 Å². The van der Waals surface area contributed by atoms with E-state index < -0.39 is 11.4 Å². The van der Waals surface area contributed by atoms with Gasteiger partial charge in [0.25, 0.3) is 0 Å². The number of nitrogens with zero attached hydrogens (tertiary/aromatic N) is 1. The van der Waals surface area contributed by atoms with E-state index in [4.69, 9.17) is 21.2 Å². The molecule has 2 aromatic carbocycles. The van der Waals surface area contributed by atoms with Crippen LogP contribution in [0.25, 0.3) is 0 Å². The second-order valence-corrected chi connectivity index (χ2v) is 6.95. The summed E-state index contributed by atoms with van der Waals surface area (Å²) >= 11 is 5.70. The number of carbonyl (C=O) groups is 2. The van der Waals surface area contributed by atoms with Crippen molar-refractivity contribution in [1.29, 1.82) is 0 Å². The number of rotatable bonds is 7. The van der Waals surface area contributed by atoms with E-state index in [9.17, 15) is 9.59 Å². The van der Waals surface area contributed by atoms with Gasteiger partial charge < -0.3 is 10.1 Å². The Labute approximate surface area is 169 Å². The van der Waals surface area contributed by atoms with Crippen LogP contribution in [0.3, 0.4) is 0 Å². The van der Waals surface area contributed by atoms with Crippen LogP contribution >= 0.6 is 11.6 Å². The topological polar surface area (TPSA) is 67.9 Å². The first kappa shape index (κ1) is 20.3. The van der Waals surface area contributed by atoms with Crippen molar-refractivity contribution in [3.8, 4) is 0 Å². The zero-order valence-corrected chi connectivity index (χ0v) is 16.2. The van der Waals surface area contributed by atoms with Crippen molar-refractivity contribution in [2.75, 3.05) is 6.54 Å². The molecule has 2 atom stereocenters. The quantitative estimate of drug-likeness (QED) is 0.331. The fourth-order valence-corrected chi connectivity index (χ4v) is 3.28. The summed E-state index contributed by atoms with van der Waals surface area (Å²) in [6.45, 7) is 0.893. The molecule has 3 rings (SSSR count). The number of benzene rings is 2. The largest absolute Gasteiger partial charge is 0.460 e. The SMILES string of the molecule is O=C(OCc1ccccc1)[C@@H]1CC[C@@H](N(OCc2ccccc2)C(=O)Cl)CN1. The first-order valence-electron chi connectivity index (χ1n) is 9.23. The van der Waals surface area contributed by atoms with Gasteiger partial charge in [-0.05, 0) is 35.6 Å². The summed E-state index contributed by atoms with van der Waals surface area (Å²) < 4.78 is 5.38. The van der Waals surface area contributed by atoms with Crippen LogP contribution < -0.4 is 5.32 Å². The smallest absolute Gasteiger partial charge is 0.340 e. The van der Waals surface area contributed by atoms with E-state index in [-0.39, 0.29) is 25.2 Å². The van der Waals surface area contributed by atoms with Gasteiger partial charge in [-0.15, -0.1) is 0 Å². The van der Waals surface area contributed by atoms with Crippen molar-refractivity contribution in [3.05, 3.63) is 71.8 Å². The lowest BCUT2D eigenvalue weighted by Crippen LogP contribution is -2.53. The van der Waals surface area contributed by atoms with Gasteiger partial charge in [0.2, 0.25) is 0 Å². The predicted octanol–water partition coefficient (Wildman–Crippen LogP) is 3.64. The van der Waals surface area contributed by atoms with Crippen molar-refractivity contribution >= 4 is 22.9 Å². The molecule has 1 saturated heterocycles. The fourth-order valence-electron chi connectivity index (χ4n) is 3.09. The zero-order valence-electron chi connectivity index (χ0n) is 15.4. The molecule has 1 fully saturated rings. The highest BCUT2D eigenvalue weighted by Crippen LogP contribution is 2.19. The molecular weight excluding hydrogens is 380 g/mol. The van der Waals surface area contributed by atoms with Gasteiger partial charge in [0, 0.05) is 6.54 Å². The van der Waals surface area contributed by atoms with Gasteiger partial charge in [-0.2, -0.15) is 0 Å². The number of esters is 1. The number of halogens is 1. The van der Waals surface area contributed by atoms with Crippen LogP contribution in [0.1, 0.15) is 24.0 Å². The summed E-state index contributed by atoms with van der Waals surface area (Å²) in [7, 11) is 0. The number of hydroxylamine groups is 2. The third-order valence-electron chi connectivity index (χ3n) is 4.61. The van der Waals surface area contributed by atoms with Gasteiger partial charge in [-0.3, -0.25) is 14.4 Å². The standard InChI is InChI=1S/C21H23ClN2O4/c22-21(26)24(28-15-17-9-5-2-6-10-17)18-11-12-19(23-13-18)20(25)27-14-16-7-3-1-4-8-16/h1-10,18-19,23H,11-15H2/t18-,19+/m1/s1. The van der Waals surface area contributed by atoms with E-state index in [1.54, 1.807) is 0 Å². The van der Waals surface area contributed by atoms with Crippen LogP contribution in [-0.2, 0) is 27.6 Å². The third-order valence-corrected chi connectivity index (χ3v) is 4.78. The Morgan fingerprint density at radius 1 is 0.964 bits per heavy atom. The molecule has 0 spiro atoms. The lowest BCUT2D eigenvalue weighted by Gasteiger charge is -2.34. The highest BCUT2D eigenvalue weighted by Gasteiger charge is 2.32. The normalized spacial score (nSPS) is 19.0. The Kier molecular flexibility index (Phi) is 7.42. The van der Waals surface area contributed by atoms with Gasteiger partial charge in [0.1, 0.15) is 19.3 Å². The van der Waals surface area contributed by atoms with Crippen molar-refractivity contribution in [1.82, 2.24) is 10.4 Å². The molecule has 2 aromatic rings. The highest BCUT2D eigenvalue weighted by molar-refractivity contribution is 6.62. The maximum absolute atomic E-state index is 12.3. The Balaban J connectivity index is 1.46. The minimum atomic E-state index is -0.673. The summed E-state index contributed by atoms with van der Waals surface area (Å²) in [6.07, 6.45) is 1.12. The molecule has 0 bridgehead atoms. The minimum absolute atomic E-state index is 0.244. The van der Waals surface area contributed by atoms with Crippen LogP contribution in [0.5, 0.6) is 0 Å². The van der Waals surface area contributed by atoms with Gasteiger partial charge in [-0.25, -0.2) is 5.06 Å². The van der Waals surface area contributed by atoms with Crippen LogP contribution in [0.4, 0.5) is 4.79 Å². The van der Waals surface area contributed by atoms with Gasteiger partial charge in [0.15, 0.2) is 0 Å². The molecule has 0 radical (unpaired) electrons. The minimum Gasteiger partial charge on any atom is -0.460 e. The second kappa shape index (κ2) is 10.2. The number of hydrogen-bond acceptors (Lipinski definition) is 5. The molecular formula is C21H23ClN2O4. The van der Waals surface area contributed by atoms with Gasteiger partial charge in [-0.1, -0.05) is 60.7 Å². The number of ether oxygens (including phenoxy) is 1. The first-order chi connectivity index (χ1) is 13.6. The summed E-state index contributed by atoms with van der Waals surface area (Å²) in [5.41, 5.74) is 1.88. The fraction of sp³-hybridized carbons (Fsp3) is 0.333. The lowest BCUT2D eigenvalue weighted by atomic mass is 10.0. The Hall–Kier alpha value is -2.41. The van der Waals surface area contributed by atoms with E-state index in [2.05, 4.69) is 5.32 Å². The van der Waals surface area contributed by atoms with Crippen LogP contribution in [0.2, 0.25) is 0 Å². The van der Waals surface area contributed by atoms with E-state index in [1.165, 1.54) is 5.06 Å². The molecule has 1 heterocycles. The number of amides is 1. The molecule has 0 saturated carbocycles. The number of carbonyl (C=O) groups excluding carboxylic acids is 2. The van der Waals surface area contributed by atoms with Crippen molar-refractivity contribution in [2.24, 2.45) is 0 Å². The zero-order chi connectivity index (χ0) is 19.8. The Bertz CT molecular complexity index is 764. The maximum atomic E-state index is 12.3. The number of piperidine rings is 1. The van der Waals surface area contributed by atoms with Gasteiger partial charge in [0.05, 0.1) is 6.04 Å². The van der Waals surface area contributed by atoms with E-state index >= 15 is 0 Å². The highest BCUT2D eigenvalue weighted by atomic mass is 35.5. The summed E-state index contributed by atoms with van der Waals surface area (Å²) in [5.74, 6) is -0.295. The van der Waals surface area contributed by atoms with Crippen molar-refractivity contribution < 1.29 is 19.2 Å². The van der Waals surface area contributed by atoms with E-state index in [1.807, 2.05) is 60.7 Å². The summed E-state index contributed by atoms with van der Waals surface area (Å²) in [6, 6.07) is 18.4. The third kappa shape index (κ3) is 5.79. The Morgan fingerprint density at radius 2 is 1.57 bits per heavy atom. The monoisotopic (exact) mass is 402 g/mol. The molecule has 1 aliphatic heterocycles. The number of hydrogen-bond donors (Lipinski definition) is 1. The summed E-state index contributed by atoms with van der Waals surface area (Å²) in [5, 5.41) is 3.65. The maximum Gasteiger partial charge on any atom is 0.340 e. The molecule has 148 valence electrons. The Morgan fingerprint density at radius 3 is 2.11 bits per heavy atom. The van der Waals surface area contributed by atoms with Crippen LogP contribution in [0, 0.1) is 0 Å². The average Bonchev–Trinajstić information content (AvgIpc) is 2.74. The molecule has 0 aromatic heterocycles. The van der Waals surface area contributed by atoms with Crippen molar-refractivity contribution in [3.63, 3.8) is 0 Å². The first-order valence-corrected chi connectivity index (χ1v) is 9.61. The molecule has 1 N–H and O–H groups in total. The average molecular weight is 403 g/mol. The molecule has 0 aliphatic carbocycles. The second-order valence-electron chi connectivity index (χ2n) is 6.62. The molecule has 28 heavy (non-hydrogen) atoms. The lowest BCUT2D eigenvalue weighted by molar-refractivity contribution is -0.158. The van der Waals surface area contributed by atoms with Crippen LogP contribution in [-0.4, -0.2) is 35.0 Å². The van der Waals surface area contributed by atoms with E-state index in [0.29, 0.717) is 19.4 Å². The molecule has 1 amide bonds. The molecule has 0 unspecified atom stereocenters.